The largest absolute Gasteiger partial charge is 0.428 e. The molecule has 1 saturated carbocycles. The fourth-order valence-corrected chi connectivity index (χ4v) is 5.76. The van der Waals surface area contributed by atoms with Crippen LogP contribution in [-0.4, -0.2) is 15.8 Å². The van der Waals surface area contributed by atoms with Crippen LogP contribution in [0.1, 0.15) is 64.0 Å². The third-order valence-corrected chi connectivity index (χ3v) is 7.01. The maximum atomic E-state index is 13.1. The lowest BCUT2D eigenvalue weighted by molar-refractivity contribution is -0.149. The molecule has 0 bridgehead atoms. The zero-order chi connectivity index (χ0) is 20.0. The van der Waals surface area contributed by atoms with E-state index in [0.29, 0.717) is 26.9 Å². The van der Waals surface area contributed by atoms with Crippen molar-refractivity contribution in [1.82, 2.24) is 0 Å². The second-order valence-electron chi connectivity index (χ2n) is 8.39. The van der Waals surface area contributed by atoms with Crippen molar-refractivity contribution in [1.29, 1.82) is 0 Å². The molecule has 146 valence electrons. The molecular weight excluding hydrogens is 403 g/mol. The lowest BCUT2D eigenvalue weighted by atomic mass is 9.84. The average molecular weight is 427 g/mol. The van der Waals surface area contributed by atoms with E-state index >= 15 is 0 Å². The van der Waals surface area contributed by atoms with Gasteiger partial charge in [-0.15, -0.1) is 0 Å². The maximum absolute atomic E-state index is 13.1. The fourth-order valence-electron chi connectivity index (χ4n) is 3.59. The van der Waals surface area contributed by atoms with Crippen LogP contribution < -0.4 is 0 Å². The van der Waals surface area contributed by atoms with Gasteiger partial charge in [0.05, 0.1) is 25.8 Å². The zero-order valence-corrected chi connectivity index (χ0v) is 18.4. The summed E-state index contributed by atoms with van der Waals surface area (Å²) in [4.78, 5) is 25.8. The third-order valence-electron chi connectivity index (χ3n) is 5.04. The molecule has 2 aliphatic rings. The summed E-state index contributed by atoms with van der Waals surface area (Å²) in [6.45, 7) is 7.31. The SMILES string of the molecule is Cc1cc(Cl)c(C2=C(OC(=O)C(C)(C)C)C3(CCCCC3)SC2=O)c(Cl)c1. The van der Waals surface area contributed by atoms with Crippen molar-refractivity contribution in [3.05, 3.63) is 39.1 Å². The molecule has 0 unspecified atom stereocenters. The summed E-state index contributed by atoms with van der Waals surface area (Å²) in [6.07, 6.45) is 4.74. The number of aryl methyl sites for hydroxylation is 1. The molecule has 0 N–H and O–H groups in total. The molecule has 3 rings (SSSR count). The summed E-state index contributed by atoms with van der Waals surface area (Å²) < 4.78 is 5.43. The number of ether oxygens (including phenoxy) is 1. The third kappa shape index (κ3) is 3.94. The monoisotopic (exact) mass is 426 g/mol. The molecule has 0 saturated heterocycles. The molecule has 1 aromatic rings. The van der Waals surface area contributed by atoms with E-state index in [1.807, 2.05) is 6.92 Å². The van der Waals surface area contributed by atoms with Crippen molar-refractivity contribution >= 4 is 51.6 Å². The molecule has 1 aliphatic heterocycles. The number of carbonyl (C=O) groups is 2. The quantitative estimate of drug-likeness (QED) is 0.500. The Labute approximate surface area is 174 Å². The summed E-state index contributed by atoms with van der Waals surface area (Å²) in [7, 11) is 0. The molecule has 1 aliphatic carbocycles. The lowest BCUT2D eigenvalue weighted by Gasteiger charge is -2.34. The van der Waals surface area contributed by atoms with E-state index in [4.69, 9.17) is 27.9 Å². The summed E-state index contributed by atoms with van der Waals surface area (Å²) in [5, 5.41) is 0.684. The molecule has 0 atom stereocenters. The first kappa shape index (κ1) is 20.8. The normalized spacial score (nSPS) is 19.7. The van der Waals surface area contributed by atoms with Gasteiger partial charge in [0.1, 0.15) is 5.76 Å². The second-order valence-corrected chi connectivity index (χ2v) is 10.6. The molecule has 1 fully saturated rings. The molecule has 1 spiro atoms. The Hall–Kier alpha value is -0.970. The minimum atomic E-state index is -0.675. The summed E-state index contributed by atoms with van der Waals surface area (Å²) in [6, 6.07) is 3.56. The number of hydrogen-bond acceptors (Lipinski definition) is 4. The van der Waals surface area contributed by atoms with Gasteiger partial charge in [-0.3, -0.25) is 9.59 Å². The van der Waals surface area contributed by atoms with Gasteiger partial charge in [0, 0.05) is 5.56 Å². The van der Waals surface area contributed by atoms with E-state index in [2.05, 4.69) is 0 Å². The molecule has 3 nitrogen and oxygen atoms in total. The van der Waals surface area contributed by atoms with Gasteiger partial charge < -0.3 is 4.74 Å². The molecule has 27 heavy (non-hydrogen) atoms. The Bertz CT molecular complexity index is 807. The molecule has 6 heteroatoms. The minimum absolute atomic E-state index is 0.124. The van der Waals surface area contributed by atoms with Crippen molar-refractivity contribution in [3.8, 4) is 0 Å². The van der Waals surface area contributed by atoms with Crippen molar-refractivity contribution in [2.45, 2.75) is 64.5 Å². The van der Waals surface area contributed by atoms with Crippen molar-refractivity contribution in [2.24, 2.45) is 5.41 Å². The van der Waals surface area contributed by atoms with Gasteiger partial charge in [0.15, 0.2) is 0 Å². The fraction of sp³-hybridized carbons (Fsp3) is 0.524. The highest BCUT2D eigenvalue weighted by Gasteiger charge is 2.51. The second kappa shape index (κ2) is 7.46. The average Bonchev–Trinajstić information content (AvgIpc) is 2.79. The number of thioether (sulfide) groups is 1. The first-order valence-corrected chi connectivity index (χ1v) is 10.8. The number of benzene rings is 1. The maximum Gasteiger partial charge on any atom is 0.316 e. The first-order valence-electron chi connectivity index (χ1n) is 9.21. The van der Waals surface area contributed by atoms with Gasteiger partial charge in [-0.05, 0) is 58.2 Å². The van der Waals surface area contributed by atoms with Crippen LogP contribution >= 0.6 is 35.0 Å². The lowest BCUT2D eigenvalue weighted by Crippen LogP contribution is -2.33. The molecule has 0 radical (unpaired) electrons. The summed E-state index contributed by atoms with van der Waals surface area (Å²) in [5.41, 5.74) is 1.06. The van der Waals surface area contributed by atoms with Gasteiger partial charge in [0.25, 0.3) is 0 Å². The Morgan fingerprint density at radius 3 is 2.19 bits per heavy atom. The topological polar surface area (TPSA) is 43.4 Å². The molecule has 0 amide bonds. The van der Waals surface area contributed by atoms with Crippen LogP contribution in [0.4, 0.5) is 0 Å². The molecule has 1 aromatic carbocycles. The highest BCUT2D eigenvalue weighted by molar-refractivity contribution is 8.16. The van der Waals surface area contributed by atoms with Crippen LogP contribution in [0.3, 0.4) is 0 Å². The predicted octanol–water partition coefficient (Wildman–Crippen LogP) is 6.58. The number of rotatable bonds is 2. The van der Waals surface area contributed by atoms with E-state index in [0.717, 1.165) is 37.7 Å². The van der Waals surface area contributed by atoms with Gasteiger partial charge in [0.2, 0.25) is 5.12 Å². The van der Waals surface area contributed by atoms with E-state index in [1.54, 1.807) is 32.9 Å². The van der Waals surface area contributed by atoms with Crippen LogP contribution in [0.15, 0.2) is 17.9 Å². The number of carbonyl (C=O) groups excluding carboxylic acids is 2. The molecule has 1 heterocycles. The number of esters is 1. The van der Waals surface area contributed by atoms with Gasteiger partial charge in [-0.25, -0.2) is 0 Å². The highest BCUT2D eigenvalue weighted by atomic mass is 35.5. The van der Waals surface area contributed by atoms with Crippen molar-refractivity contribution < 1.29 is 14.3 Å². The minimum Gasteiger partial charge on any atom is -0.428 e. The van der Waals surface area contributed by atoms with Crippen LogP contribution in [0.25, 0.3) is 5.57 Å². The van der Waals surface area contributed by atoms with E-state index < -0.39 is 10.2 Å². The van der Waals surface area contributed by atoms with Crippen molar-refractivity contribution in [3.63, 3.8) is 0 Å². The van der Waals surface area contributed by atoms with E-state index in [9.17, 15) is 9.59 Å². The Kier molecular flexibility index (Phi) is 5.73. The van der Waals surface area contributed by atoms with Gasteiger partial charge in [-0.1, -0.05) is 54.2 Å². The Balaban J connectivity index is 2.21. The van der Waals surface area contributed by atoms with Gasteiger partial charge >= 0.3 is 5.97 Å². The van der Waals surface area contributed by atoms with Crippen LogP contribution in [-0.2, 0) is 14.3 Å². The first-order chi connectivity index (χ1) is 12.5. The Morgan fingerprint density at radius 1 is 1.11 bits per heavy atom. The molecular formula is C21H24Cl2O3S. The van der Waals surface area contributed by atoms with Crippen LogP contribution in [0.2, 0.25) is 10.0 Å². The van der Waals surface area contributed by atoms with E-state index in [-0.39, 0.29) is 11.1 Å². The number of halogens is 2. The zero-order valence-electron chi connectivity index (χ0n) is 16.1. The number of hydrogen-bond donors (Lipinski definition) is 0. The smallest absolute Gasteiger partial charge is 0.316 e. The van der Waals surface area contributed by atoms with E-state index in [1.165, 1.54) is 11.8 Å². The molecule has 0 aromatic heterocycles. The standard InChI is InChI=1S/C21H24Cl2O3S/c1-12-10-13(22)15(14(23)11-12)16-17(26-19(25)20(2,3)4)21(27-18(16)24)8-6-5-7-9-21/h10-11H,5-9H2,1-4H3. The Morgan fingerprint density at radius 2 is 1.67 bits per heavy atom. The predicted molar refractivity (Wildman–Crippen MR) is 112 cm³/mol. The van der Waals surface area contributed by atoms with Crippen LogP contribution in [0.5, 0.6) is 0 Å². The van der Waals surface area contributed by atoms with Crippen molar-refractivity contribution in [2.75, 3.05) is 0 Å². The highest BCUT2D eigenvalue weighted by Crippen LogP contribution is 2.56. The summed E-state index contributed by atoms with van der Waals surface area (Å²) in [5.74, 6) is 0.0967. The summed E-state index contributed by atoms with van der Waals surface area (Å²) >= 11 is 14.2. The van der Waals surface area contributed by atoms with Gasteiger partial charge in [-0.2, -0.15) is 0 Å². The van der Waals surface area contributed by atoms with Crippen LogP contribution in [0, 0.1) is 12.3 Å².